The van der Waals surface area contributed by atoms with Crippen LogP contribution in [-0.4, -0.2) is 0 Å². The Kier molecular flexibility index (Phi) is 6.01. The second kappa shape index (κ2) is 7.28. The molecule has 0 saturated heterocycles. The minimum atomic E-state index is 0.150. The van der Waals surface area contributed by atoms with E-state index in [9.17, 15) is 0 Å². The average molecular weight is 268 g/mol. The Morgan fingerprint density at radius 2 is 1.45 bits per heavy atom. The predicted molar refractivity (Wildman–Crippen MR) is 92.0 cm³/mol. The Bertz CT molecular complexity index is 525. The molecule has 20 heavy (non-hydrogen) atoms. The smallest absolute Gasteiger partial charge is 0.0158 e. The lowest BCUT2D eigenvalue weighted by Crippen LogP contribution is -2.15. The quantitative estimate of drug-likeness (QED) is 0.518. The van der Waals surface area contributed by atoms with E-state index in [0.29, 0.717) is 0 Å². The maximum atomic E-state index is 2.32. The molecule has 0 amide bonds. The van der Waals surface area contributed by atoms with Crippen LogP contribution in [0.4, 0.5) is 0 Å². The molecule has 2 aliphatic carbocycles. The van der Waals surface area contributed by atoms with E-state index in [1.807, 2.05) is 27.7 Å². The largest absolute Gasteiger partial charge is 0.0804 e. The zero-order valence-corrected chi connectivity index (χ0v) is 13.8. The van der Waals surface area contributed by atoms with E-state index in [1.165, 1.54) is 22.3 Å². The molecular weight excluding hydrogens is 240 g/mol. The Morgan fingerprint density at radius 3 is 2.15 bits per heavy atom. The fraction of sp³-hybridized carbons (Fsp3) is 0.400. The van der Waals surface area contributed by atoms with E-state index in [2.05, 4.69) is 62.4 Å². The summed E-state index contributed by atoms with van der Waals surface area (Å²) in [6.07, 6.45) is 10.1. The summed E-state index contributed by atoms with van der Waals surface area (Å²) in [5.74, 6) is 0. The van der Waals surface area contributed by atoms with Crippen LogP contribution in [0.1, 0.15) is 59.1 Å². The zero-order chi connectivity index (χ0) is 15.2. The molecular formula is C20H28. The van der Waals surface area contributed by atoms with Crippen LogP contribution in [0.3, 0.4) is 0 Å². The van der Waals surface area contributed by atoms with Gasteiger partial charge in [0.1, 0.15) is 0 Å². The highest BCUT2D eigenvalue weighted by Crippen LogP contribution is 2.47. The Balaban J connectivity index is 0.000000461. The summed E-state index contributed by atoms with van der Waals surface area (Å²) in [6.45, 7) is 12.6. The van der Waals surface area contributed by atoms with Gasteiger partial charge in [-0.25, -0.2) is 0 Å². The highest BCUT2D eigenvalue weighted by atomic mass is 14.4. The van der Waals surface area contributed by atoms with Crippen LogP contribution in [0.2, 0.25) is 0 Å². The van der Waals surface area contributed by atoms with Crippen LogP contribution in [0.25, 0.3) is 5.57 Å². The lowest BCUT2D eigenvalue weighted by molar-refractivity contribution is 0.654. The predicted octanol–water partition coefficient (Wildman–Crippen LogP) is 6.30. The lowest BCUT2D eigenvalue weighted by atomic mass is 9.81. The Labute approximate surface area is 124 Å². The second-order valence-corrected chi connectivity index (χ2v) is 5.04. The van der Waals surface area contributed by atoms with E-state index >= 15 is 0 Å². The van der Waals surface area contributed by atoms with Gasteiger partial charge < -0.3 is 0 Å². The van der Waals surface area contributed by atoms with Gasteiger partial charge >= 0.3 is 0 Å². The third-order valence-electron chi connectivity index (χ3n) is 3.70. The normalized spacial score (nSPS) is 17.1. The molecule has 2 aliphatic rings. The van der Waals surface area contributed by atoms with Gasteiger partial charge in [0.05, 0.1) is 0 Å². The van der Waals surface area contributed by atoms with Gasteiger partial charge in [-0.1, -0.05) is 90.1 Å². The first kappa shape index (κ1) is 16.5. The third kappa shape index (κ3) is 2.80. The van der Waals surface area contributed by atoms with Crippen LogP contribution in [-0.2, 0) is 5.41 Å². The van der Waals surface area contributed by atoms with Crippen molar-refractivity contribution in [3.05, 3.63) is 65.3 Å². The third-order valence-corrected chi connectivity index (χ3v) is 3.70. The van der Waals surface area contributed by atoms with Gasteiger partial charge in [-0.3, -0.25) is 0 Å². The van der Waals surface area contributed by atoms with E-state index in [4.69, 9.17) is 0 Å². The molecule has 0 fully saturated rings. The first-order valence-corrected chi connectivity index (χ1v) is 7.89. The Morgan fingerprint density at radius 1 is 0.850 bits per heavy atom. The fourth-order valence-corrected chi connectivity index (χ4v) is 2.82. The number of hydrogen-bond acceptors (Lipinski definition) is 0. The molecule has 0 heterocycles. The average Bonchev–Trinajstić information content (AvgIpc) is 2.70. The molecule has 0 nitrogen and oxygen atoms in total. The maximum Gasteiger partial charge on any atom is 0.0158 e. The summed E-state index contributed by atoms with van der Waals surface area (Å²) in [7, 11) is 0. The maximum absolute atomic E-state index is 2.32. The van der Waals surface area contributed by atoms with Gasteiger partial charge in [0.25, 0.3) is 0 Å². The zero-order valence-electron chi connectivity index (χ0n) is 13.8. The molecule has 0 heteroatoms. The number of rotatable bonds is 0. The van der Waals surface area contributed by atoms with Crippen molar-refractivity contribution in [3.8, 4) is 0 Å². The highest BCUT2D eigenvalue weighted by molar-refractivity contribution is 5.88. The van der Waals surface area contributed by atoms with Gasteiger partial charge in [0.15, 0.2) is 0 Å². The van der Waals surface area contributed by atoms with Crippen LogP contribution >= 0.6 is 0 Å². The first-order valence-electron chi connectivity index (χ1n) is 7.89. The highest BCUT2D eigenvalue weighted by Gasteiger charge is 2.35. The van der Waals surface area contributed by atoms with Crippen molar-refractivity contribution in [1.82, 2.24) is 0 Å². The topological polar surface area (TPSA) is 0 Å². The number of fused-ring (bicyclic) bond motifs is 2. The van der Waals surface area contributed by atoms with Crippen molar-refractivity contribution in [3.63, 3.8) is 0 Å². The molecule has 1 aromatic carbocycles. The second-order valence-electron chi connectivity index (χ2n) is 5.04. The summed E-state index contributed by atoms with van der Waals surface area (Å²) in [4.78, 5) is 0. The standard InChI is InChI=1S/C16H16.2C2H6/c1-16(2)14-10-5-3-4-8-12(14)13-9-6-7-11-15(13)16;2*1-2/h4-11H,3H2,1-2H3;2*1-2H3. The summed E-state index contributed by atoms with van der Waals surface area (Å²) in [5, 5.41) is 0. The number of hydrogen-bond donors (Lipinski definition) is 0. The lowest BCUT2D eigenvalue weighted by Gasteiger charge is -2.22. The summed E-state index contributed by atoms with van der Waals surface area (Å²) < 4.78 is 0. The fourth-order valence-electron chi connectivity index (χ4n) is 2.82. The van der Waals surface area contributed by atoms with E-state index in [-0.39, 0.29) is 5.41 Å². The van der Waals surface area contributed by atoms with Crippen molar-refractivity contribution >= 4 is 5.57 Å². The van der Waals surface area contributed by atoms with E-state index in [0.717, 1.165) is 6.42 Å². The molecule has 0 atom stereocenters. The van der Waals surface area contributed by atoms with Gasteiger partial charge in [-0.15, -0.1) is 0 Å². The van der Waals surface area contributed by atoms with Crippen LogP contribution in [0, 0.1) is 0 Å². The number of allylic oxidation sites excluding steroid dienone is 6. The molecule has 0 aromatic heterocycles. The van der Waals surface area contributed by atoms with Gasteiger partial charge in [0.2, 0.25) is 0 Å². The van der Waals surface area contributed by atoms with Crippen LogP contribution in [0.15, 0.2) is 54.1 Å². The minimum absolute atomic E-state index is 0.150. The molecule has 0 radical (unpaired) electrons. The molecule has 0 spiro atoms. The molecule has 3 rings (SSSR count). The molecule has 0 saturated carbocycles. The van der Waals surface area contributed by atoms with Gasteiger partial charge in [0, 0.05) is 5.41 Å². The Hall–Kier alpha value is -1.56. The van der Waals surface area contributed by atoms with Crippen molar-refractivity contribution in [2.24, 2.45) is 0 Å². The molecule has 0 bridgehead atoms. The summed E-state index contributed by atoms with van der Waals surface area (Å²) in [6, 6.07) is 8.77. The molecule has 0 N–H and O–H groups in total. The molecule has 0 unspecified atom stereocenters. The van der Waals surface area contributed by atoms with Crippen LogP contribution in [0.5, 0.6) is 0 Å². The number of benzene rings is 1. The SMILES string of the molecule is CC.CC.CC1(C)C2=C(C=CCC=C2)c2ccccc21. The summed E-state index contributed by atoms with van der Waals surface area (Å²) in [5.41, 5.74) is 5.88. The minimum Gasteiger partial charge on any atom is -0.0804 e. The van der Waals surface area contributed by atoms with Gasteiger partial charge in [-0.05, 0) is 28.7 Å². The van der Waals surface area contributed by atoms with E-state index in [1.54, 1.807) is 0 Å². The van der Waals surface area contributed by atoms with Crippen LogP contribution < -0.4 is 0 Å². The molecule has 0 aliphatic heterocycles. The molecule has 108 valence electrons. The summed E-state index contributed by atoms with van der Waals surface area (Å²) >= 11 is 0. The monoisotopic (exact) mass is 268 g/mol. The van der Waals surface area contributed by atoms with Crippen molar-refractivity contribution in [2.45, 2.75) is 53.4 Å². The van der Waals surface area contributed by atoms with Crippen molar-refractivity contribution in [2.75, 3.05) is 0 Å². The first-order chi connectivity index (χ1) is 9.71. The van der Waals surface area contributed by atoms with Crippen molar-refractivity contribution < 1.29 is 0 Å². The van der Waals surface area contributed by atoms with E-state index < -0.39 is 0 Å². The molecule has 1 aromatic rings. The van der Waals surface area contributed by atoms with Crippen molar-refractivity contribution in [1.29, 1.82) is 0 Å². The van der Waals surface area contributed by atoms with Gasteiger partial charge in [-0.2, -0.15) is 0 Å².